The molecule has 9 rings (SSSR count). The van der Waals surface area contributed by atoms with Gasteiger partial charge in [0.05, 0.1) is 5.69 Å². The molecule has 6 aromatic carbocycles. The molecule has 6 aromatic rings. The standard InChI is InChI=1S/C51H51N/c1-51(2)48-31-25-41(37-17-9-4-10-18-37)34-47(48)45-30-29-44(35-49(45)51)52(43-27-23-39(24-28-43)36-15-7-3-8-16-36)50-32-26-42(38-19-11-5-12-20-38)33-46(50)40-21-13-6-14-22-40/h4,6,9-10,13-14,17-18,21-36,38H,3,5,7-8,11-12,15-16,19-20H2,1-2H3. The normalized spacial score (nSPS) is 17.0. The Morgan fingerprint density at radius 3 is 1.69 bits per heavy atom. The highest BCUT2D eigenvalue weighted by molar-refractivity contribution is 5.91. The Morgan fingerprint density at radius 1 is 0.423 bits per heavy atom. The summed E-state index contributed by atoms with van der Waals surface area (Å²) in [5.41, 5.74) is 17.2. The Hall–Kier alpha value is -4.88. The van der Waals surface area contributed by atoms with Crippen molar-refractivity contribution in [1.82, 2.24) is 0 Å². The van der Waals surface area contributed by atoms with Crippen molar-refractivity contribution in [2.75, 3.05) is 4.90 Å². The maximum absolute atomic E-state index is 2.55. The number of hydrogen-bond acceptors (Lipinski definition) is 1. The topological polar surface area (TPSA) is 3.24 Å². The predicted molar refractivity (Wildman–Crippen MR) is 221 cm³/mol. The van der Waals surface area contributed by atoms with Crippen molar-refractivity contribution < 1.29 is 0 Å². The number of hydrogen-bond donors (Lipinski definition) is 0. The molecular formula is C51H51N. The van der Waals surface area contributed by atoms with Crippen LogP contribution < -0.4 is 4.90 Å². The molecule has 0 bridgehead atoms. The van der Waals surface area contributed by atoms with Crippen molar-refractivity contribution >= 4 is 17.1 Å². The highest BCUT2D eigenvalue weighted by Gasteiger charge is 2.36. The third kappa shape index (κ3) is 6.09. The summed E-state index contributed by atoms with van der Waals surface area (Å²) < 4.78 is 0. The van der Waals surface area contributed by atoms with E-state index in [0.717, 1.165) is 0 Å². The highest BCUT2D eigenvalue weighted by Crippen LogP contribution is 2.52. The van der Waals surface area contributed by atoms with Gasteiger partial charge in [-0.15, -0.1) is 0 Å². The fourth-order valence-corrected chi connectivity index (χ4v) is 9.74. The van der Waals surface area contributed by atoms with Crippen molar-refractivity contribution in [3.63, 3.8) is 0 Å². The molecule has 3 aliphatic carbocycles. The summed E-state index contributed by atoms with van der Waals surface area (Å²) in [6.45, 7) is 4.81. The van der Waals surface area contributed by atoms with Crippen molar-refractivity contribution in [1.29, 1.82) is 0 Å². The lowest BCUT2D eigenvalue weighted by atomic mass is 9.81. The Balaban J connectivity index is 1.19. The number of anilines is 3. The zero-order valence-corrected chi connectivity index (χ0v) is 31.0. The second-order valence-electron chi connectivity index (χ2n) is 16.2. The zero-order valence-electron chi connectivity index (χ0n) is 31.0. The van der Waals surface area contributed by atoms with Crippen LogP contribution in [0.5, 0.6) is 0 Å². The molecule has 0 unspecified atom stereocenters. The number of rotatable bonds is 7. The van der Waals surface area contributed by atoms with Crippen LogP contribution in [0.2, 0.25) is 0 Å². The van der Waals surface area contributed by atoms with E-state index in [4.69, 9.17) is 0 Å². The molecule has 52 heavy (non-hydrogen) atoms. The maximum Gasteiger partial charge on any atom is 0.0540 e. The molecule has 1 heteroatoms. The van der Waals surface area contributed by atoms with E-state index in [-0.39, 0.29) is 5.41 Å². The first-order valence-corrected chi connectivity index (χ1v) is 20.0. The average molecular weight is 678 g/mol. The number of benzene rings is 6. The molecular weight excluding hydrogens is 627 g/mol. The summed E-state index contributed by atoms with van der Waals surface area (Å²) in [5, 5.41) is 0. The van der Waals surface area contributed by atoms with Gasteiger partial charge in [0, 0.05) is 22.4 Å². The second kappa shape index (κ2) is 13.9. The molecule has 3 aliphatic rings. The van der Waals surface area contributed by atoms with E-state index >= 15 is 0 Å². The average Bonchev–Trinajstić information content (AvgIpc) is 3.44. The van der Waals surface area contributed by atoms with Gasteiger partial charge in [0.15, 0.2) is 0 Å². The molecule has 0 radical (unpaired) electrons. The van der Waals surface area contributed by atoms with E-state index in [1.165, 1.54) is 137 Å². The molecule has 2 saturated carbocycles. The molecule has 0 heterocycles. The lowest BCUT2D eigenvalue weighted by Gasteiger charge is -2.31. The minimum Gasteiger partial charge on any atom is -0.310 e. The van der Waals surface area contributed by atoms with E-state index in [0.29, 0.717) is 11.8 Å². The minimum atomic E-state index is -0.112. The summed E-state index contributed by atoms with van der Waals surface area (Å²) in [5.74, 6) is 1.33. The molecule has 0 spiro atoms. The van der Waals surface area contributed by atoms with Crippen LogP contribution in [0.4, 0.5) is 17.1 Å². The SMILES string of the molecule is CC1(C)c2ccc(-c3ccccc3)cc2-c2ccc(N(c3ccc(C4CCCCC4)cc3)c3ccc(C4CCCCC4)cc3-c3ccccc3)cc21. The fraction of sp³-hybridized carbons (Fsp3) is 0.294. The van der Waals surface area contributed by atoms with Gasteiger partial charge in [-0.25, -0.2) is 0 Å². The van der Waals surface area contributed by atoms with Gasteiger partial charge in [0.25, 0.3) is 0 Å². The van der Waals surface area contributed by atoms with Crippen LogP contribution in [-0.2, 0) is 5.41 Å². The lowest BCUT2D eigenvalue weighted by molar-refractivity contribution is 0.443. The summed E-state index contributed by atoms with van der Waals surface area (Å²) in [6, 6.07) is 53.3. The molecule has 0 aromatic heterocycles. The van der Waals surface area contributed by atoms with E-state index in [2.05, 4.69) is 158 Å². The first-order chi connectivity index (χ1) is 25.5. The highest BCUT2D eigenvalue weighted by atomic mass is 15.1. The largest absolute Gasteiger partial charge is 0.310 e. The molecule has 260 valence electrons. The van der Waals surface area contributed by atoms with Gasteiger partial charge < -0.3 is 4.90 Å². The third-order valence-electron chi connectivity index (χ3n) is 12.7. The summed E-state index contributed by atoms with van der Waals surface area (Å²) in [6.07, 6.45) is 13.4. The predicted octanol–water partition coefficient (Wildman–Crippen LogP) is 14.9. The first kappa shape index (κ1) is 33.0. The second-order valence-corrected chi connectivity index (χ2v) is 16.2. The van der Waals surface area contributed by atoms with Crippen molar-refractivity contribution in [2.24, 2.45) is 0 Å². The smallest absolute Gasteiger partial charge is 0.0540 e. The molecule has 0 atom stereocenters. The Morgan fingerprint density at radius 2 is 1.02 bits per heavy atom. The van der Waals surface area contributed by atoms with Crippen LogP contribution in [0.3, 0.4) is 0 Å². The zero-order chi connectivity index (χ0) is 35.1. The van der Waals surface area contributed by atoms with Gasteiger partial charge in [-0.05, 0) is 130 Å². The van der Waals surface area contributed by atoms with E-state index < -0.39 is 0 Å². The van der Waals surface area contributed by atoms with Crippen LogP contribution in [0.15, 0.2) is 140 Å². The third-order valence-corrected chi connectivity index (χ3v) is 12.7. The van der Waals surface area contributed by atoms with Crippen LogP contribution >= 0.6 is 0 Å². The van der Waals surface area contributed by atoms with Gasteiger partial charge in [-0.2, -0.15) is 0 Å². The van der Waals surface area contributed by atoms with E-state index in [9.17, 15) is 0 Å². The number of nitrogens with zero attached hydrogens (tertiary/aromatic N) is 1. The van der Waals surface area contributed by atoms with Crippen molar-refractivity contribution in [3.8, 4) is 33.4 Å². The first-order valence-electron chi connectivity index (χ1n) is 20.0. The molecule has 0 N–H and O–H groups in total. The number of fused-ring (bicyclic) bond motifs is 3. The van der Waals surface area contributed by atoms with Gasteiger partial charge >= 0.3 is 0 Å². The summed E-state index contributed by atoms with van der Waals surface area (Å²) >= 11 is 0. The monoisotopic (exact) mass is 677 g/mol. The van der Waals surface area contributed by atoms with Gasteiger partial charge in [0.1, 0.15) is 0 Å². The van der Waals surface area contributed by atoms with Crippen LogP contribution in [0, 0.1) is 0 Å². The Bertz CT molecular complexity index is 2160. The van der Waals surface area contributed by atoms with Crippen LogP contribution in [0.25, 0.3) is 33.4 Å². The van der Waals surface area contributed by atoms with Crippen molar-refractivity contribution in [3.05, 3.63) is 162 Å². The molecule has 0 amide bonds. The molecule has 0 saturated heterocycles. The maximum atomic E-state index is 2.55. The van der Waals surface area contributed by atoms with E-state index in [1.54, 1.807) is 0 Å². The van der Waals surface area contributed by atoms with Gasteiger partial charge in [-0.1, -0.05) is 149 Å². The quantitative estimate of drug-likeness (QED) is 0.163. The summed E-state index contributed by atoms with van der Waals surface area (Å²) in [4.78, 5) is 2.55. The lowest BCUT2D eigenvalue weighted by Crippen LogP contribution is -2.17. The Kier molecular flexibility index (Phi) is 8.83. The molecule has 1 nitrogen and oxygen atoms in total. The molecule has 0 aliphatic heterocycles. The van der Waals surface area contributed by atoms with Crippen LogP contribution in [-0.4, -0.2) is 0 Å². The summed E-state index contributed by atoms with van der Waals surface area (Å²) in [7, 11) is 0. The molecule has 2 fully saturated rings. The van der Waals surface area contributed by atoms with Crippen LogP contribution in [0.1, 0.15) is 112 Å². The fourth-order valence-electron chi connectivity index (χ4n) is 9.74. The van der Waals surface area contributed by atoms with Crippen molar-refractivity contribution in [2.45, 2.75) is 95.3 Å². The van der Waals surface area contributed by atoms with E-state index in [1.807, 2.05) is 0 Å². The Labute approximate surface area is 311 Å². The minimum absolute atomic E-state index is 0.112. The van der Waals surface area contributed by atoms with Gasteiger partial charge in [0.2, 0.25) is 0 Å². The van der Waals surface area contributed by atoms with Gasteiger partial charge in [-0.3, -0.25) is 0 Å².